The number of nitrogens with one attached hydrogen (secondary N) is 1. The van der Waals surface area contributed by atoms with Crippen molar-refractivity contribution in [3.8, 4) is 0 Å². The van der Waals surface area contributed by atoms with E-state index >= 15 is 0 Å². The lowest BCUT2D eigenvalue weighted by Gasteiger charge is -2.29. The van der Waals surface area contributed by atoms with Gasteiger partial charge in [-0.2, -0.15) is 0 Å². The van der Waals surface area contributed by atoms with Gasteiger partial charge in [0.25, 0.3) is 5.91 Å². The van der Waals surface area contributed by atoms with Crippen LogP contribution in [0.5, 0.6) is 0 Å². The number of thiophene rings is 1. The number of nitrogens with zero attached hydrogens (tertiary/aromatic N) is 2. The van der Waals surface area contributed by atoms with Gasteiger partial charge in [0.05, 0.1) is 4.88 Å². The molecule has 2 aromatic heterocycles. The Morgan fingerprint density at radius 3 is 2.68 bits per heavy atom. The van der Waals surface area contributed by atoms with Crippen LogP contribution in [0.4, 0.5) is 10.5 Å². The molecule has 1 aliphatic rings. The predicted octanol–water partition coefficient (Wildman–Crippen LogP) is 4.73. The zero-order valence-electron chi connectivity index (χ0n) is 16.6. The summed E-state index contributed by atoms with van der Waals surface area (Å²) in [4.78, 5) is 32.2. The summed E-state index contributed by atoms with van der Waals surface area (Å²) in [6, 6.07) is 7.41. The summed E-state index contributed by atoms with van der Waals surface area (Å²) >= 11 is 1.46. The average Bonchev–Trinajstić information content (AvgIpc) is 3.11. The molecule has 28 heavy (non-hydrogen) atoms. The Hall–Kier alpha value is -2.67. The molecule has 2 aromatic rings. The second-order valence-electron chi connectivity index (χ2n) is 7.71. The predicted molar refractivity (Wildman–Crippen MR) is 112 cm³/mol. The molecule has 1 N–H and O–H groups in total. The number of amides is 2. The Labute approximate surface area is 169 Å². The summed E-state index contributed by atoms with van der Waals surface area (Å²) in [7, 11) is 0. The second kappa shape index (κ2) is 8.14. The number of hydrogen-bond acceptors (Lipinski definition) is 5. The monoisotopic (exact) mass is 399 g/mol. The molecule has 0 saturated carbocycles. The number of carbonyl (C=O) groups is 2. The molecule has 3 heterocycles. The quantitative estimate of drug-likeness (QED) is 0.810. The molecule has 0 unspecified atom stereocenters. The van der Waals surface area contributed by atoms with Gasteiger partial charge in [-0.15, -0.1) is 11.3 Å². The first-order valence-corrected chi connectivity index (χ1v) is 10.0. The number of rotatable bonds is 3. The molecule has 0 aliphatic carbocycles. The van der Waals surface area contributed by atoms with Crippen LogP contribution >= 0.6 is 11.3 Å². The minimum Gasteiger partial charge on any atom is -0.444 e. The Kier molecular flexibility index (Phi) is 5.84. The molecule has 148 valence electrons. The minimum atomic E-state index is -0.496. The van der Waals surface area contributed by atoms with Crippen molar-refractivity contribution in [3.05, 3.63) is 52.0 Å². The molecular formula is C21H25N3O3S. The number of anilines is 1. The third-order valence-corrected chi connectivity index (χ3v) is 5.32. The second-order valence-corrected chi connectivity index (χ2v) is 8.79. The lowest BCUT2D eigenvalue weighted by Crippen LogP contribution is -2.39. The molecule has 1 aliphatic heterocycles. The van der Waals surface area contributed by atoms with Gasteiger partial charge in [0.15, 0.2) is 0 Å². The molecule has 0 spiro atoms. The summed E-state index contributed by atoms with van der Waals surface area (Å²) < 4.78 is 5.42. The molecule has 6 nitrogen and oxygen atoms in total. The van der Waals surface area contributed by atoms with Crippen LogP contribution in [-0.4, -0.2) is 40.6 Å². The number of aromatic nitrogens is 1. The van der Waals surface area contributed by atoms with Crippen molar-refractivity contribution in [1.82, 2.24) is 9.88 Å². The number of aryl methyl sites for hydroxylation is 1. The maximum absolute atomic E-state index is 12.5. The van der Waals surface area contributed by atoms with Gasteiger partial charge in [-0.1, -0.05) is 6.08 Å². The van der Waals surface area contributed by atoms with Gasteiger partial charge < -0.3 is 15.0 Å². The minimum absolute atomic E-state index is 0.131. The highest BCUT2D eigenvalue weighted by atomic mass is 32.1. The van der Waals surface area contributed by atoms with E-state index in [0.29, 0.717) is 18.0 Å². The summed E-state index contributed by atoms with van der Waals surface area (Å²) in [5, 5.41) is 2.90. The van der Waals surface area contributed by atoms with Crippen molar-refractivity contribution in [2.45, 2.75) is 39.7 Å². The smallest absolute Gasteiger partial charge is 0.410 e. The zero-order valence-corrected chi connectivity index (χ0v) is 17.4. The fourth-order valence-electron chi connectivity index (χ4n) is 2.83. The Balaban J connectivity index is 1.62. The Morgan fingerprint density at radius 2 is 2.04 bits per heavy atom. The third-order valence-electron chi connectivity index (χ3n) is 4.16. The number of carbonyl (C=O) groups excluding carboxylic acids is 2. The highest BCUT2D eigenvalue weighted by molar-refractivity contribution is 7.15. The summed E-state index contributed by atoms with van der Waals surface area (Å²) in [6.45, 7) is 8.59. The molecule has 2 amide bonds. The first-order chi connectivity index (χ1) is 13.2. The van der Waals surface area contributed by atoms with E-state index in [1.807, 2.05) is 52.0 Å². The molecule has 3 rings (SSSR count). The van der Waals surface area contributed by atoms with E-state index in [0.717, 1.165) is 28.3 Å². The van der Waals surface area contributed by atoms with Gasteiger partial charge >= 0.3 is 6.09 Å². The van der Waals surface area contributed by atoms with Crippen LogP contribution in [0.3, 0.4) is 0 Å². The molecule has 7 heteroatoms. The Morgan fingerprint density at radius 1 is 1.25 bits per heavy atom. The van der Waals surface area contributed by atoms with Gasteiger partial charge in [0.1, 0.15) is 5.60 Å². The normalized spacial score (nSPS) is 14.4. The third kappa shape index (κ3) is 5.19. The highest BCUT2D eigenvalue weighted by Crippen LogP contribution is 2.29. The fraction of sp³-hybridized carbons (Fsp3) is 0.381. The molecule has 0 saturated heterocycles. The lowest BCUT2D eigenvalue weighted by molar-refractivity contribution is 0.0270. The van der Waals surface area contributed by atoms with Crippen molar-refractivity contribution in [2.24, 2.45) is 0 Å². The summed E-state index contributed by atoms with van der Waals surface area (Å²) in [5.74, 6) is -0.131. The first kappa shape index (κ1) is 20.1. The maximum atomic E-state index is 12.5. The van der Waals surface area contributed by atoms with E-state index in [2.05, 4.69) is 10.3 Å². The van der Waals surface area contributed by atoms with Gasteiger partial charge in [-0.25, -0.2) is 4.79 Å². The fourth-order valence-corrected chi connectivity index (χ4v) is 3.80. The van der Waals surface area contributed by atoms with E-state index in [1.54, 1.807) is 17.2 Å². The molecule has 0 fully saturated rings. The van der Waals surface area contributed by atoms with E-state index in [1.165, 1.54) is 11.3 Å². The van der Waals surface area contributed by atoms with Crippen molar-refractivity contribution < 1.29 is 14.3 Å². The SMILES string of the molecule is Cc1cc(NC(=O)c2ccc(C3=CCN(C(=O)OC(C)(C)C)CC3)s2)ccn1. The standard InChI is InChI=1S/C21H25N3O3S/c1-14-13-16(7-10-22-14)23-19(25)18-6-5-17(28-18)15-8-11-24(12-9-15)20(26)27-21(2,3)4/h5-8,10,13H,9,11-12H2,1-4H3,(H,22,23,25). The van der Waals surface area contributed by atoms with Crippen molar-refractivity contribution in [2.75, 3.05) is 18.4 Å². The average molecular weight is 400 g/mol. The lowest BCUT2D eigenvalue weighted by atomic mass is 10.1. The van der Waals surface area contributed by atoms with Crippen LogP contribution in [0, 0.1) is 6.92 Å². The van der Waals surface area contributed by atoms with Gasteiger partial charge in [0.2, 0.25) is 0 Å². The summed E-state index contributed by atoms with van der Waals surface area (Å²) in [6.07, 6.45) is 4.16. The zero-order chi connectivity index (χ0) is 20.3. The molecule has 0 bridgehead atoms. The number of hydrogen-bond donors (Lipinski definition) is 1. The van der Waals surface area contributed by atoms with Crippen LogP contribution in [-0.2, 0) is 4.74 Å². The van der Waals surface area contributed by atoms with Crippen LogP contribution in [0.1, 0.15) is 47.4 Å². The topological polar surface area (TPSA) is 71.5 Å². The molecule has 0 atom stereocenters. The molecular weight excluding hydrogens is 374 g/mol. The van der Waals surface area contributed by atoms with E-state index in [-0.39, 0.29) is 12.0 Å². The van der Waals surface area contributed by atoms with Gasteiger partial charge in [0, 0.05) is 35.5 Å². The van der Waals surface area contributed by atoms with Crippen LogP contribution < -0.4 is 5.32 Å². The van der Waals surface area contributed by atoms with E-state index < -0.39 is 5.60 Å². The first-order valence-electron chi connectivity index (χ1n) is 9.22. The van der Waals surface area contributed by atoms with Crippen molar-refractivity contribution >= 4 is 34.6 Å². The van der Waals surface area contributed by atoms with Crippen LogP contribution in [0.15, 0.2) is 36.5 Å². The molecule has 0 aromatic carbocycles. The van der Waals surface area contributed by atoms with Crippen molar-refractivity contribution in [1.29, 1.82) is 0 Å². The van der Waals surface area contributed by atoms with Crippen LogP contribution in [0.25, 0.3) is 5.57 Å². The summed E-state index contributed by atoms with van der Waals surface area (Å²) in [5.41, 5.74) is 2.25. The van der Waals surface area contributed by atoms with Crippen molar-refractivity contribution in [3.63, 3.8) is 0 Å². The van der Waals surface area contributed by atoms with Crippen LogP contribution in [0.2, 0.25) is 0 Å². The molecule has 0 radical (unpaired) electrons. The Bertz CT molecular complexity index is 912. The van der Waals surface area contributed by atoms with E-state index in [9.17, 15) is 9.59 Å². The number of pyridine rings is 1. The maximum Gasteiger partial charge on any atom is 0.410 e. The number of ether oxygens (including phenoxy) is 1. The van der Waals surface area contributed by atoms with E-state index in [4.69, 9.17) is 4.74 Å². The van der Waals surface area contributed by atoms with Gasteiger partial charge in [-0.05, 0) is 64.0 Å². The largest absolute Gasteiger partial charge is 0.444 e. The highest BCUT2D eigenvalue weighted by Gasteiger charge is 2.24. The van der Waals surface area contributed by atoms with Gasteiger partial charge in [-0.3, -0.25) is 9.78 Å².